The second kappa shape index (κ2) is 8.84. The number of nitrogens with one attached hydrogen (secondary N) is 2. The molecule has 0 spiro atoms. The van der Waals surface area contributed by atoms with Crippen LogP contribution in [0.4, 0.5) is 5.13 Å². The lowest BCUT2D eigenvalue weighted by atomic mass is 9.89. The Kier molecular flexibility index (Phi) is 6.41. The highest BCUT2D eigenvalue weighted by molar-refractivity contribution is 7.91. The van der Waals surface area contributed by atoms with Crippen LogP contribution in [0.5, 0.6) is 5.75 Å². The van der Waals surface area contributed by atoms with Gasteiger partial charge < -0.3 is 4.74 Å². The molecule has 33 heavy (non-hydrogen) atoms. The van der Waals surface area contributed by atoms with Gasteiger partial charge in [-0.3, -0.25) is 10.1 Å². The first kappa shape index (κ1) is 23.9. The second-order valence-electron chi connectivity index (χ2n) is 8.23. The van der Waals surface area contributed by atoms with Crippen molar-refractivity contribution in [3.63, 3.8) is 0 Å². The molecule has 1 aliphatic heterocycles. The summed E-state index contributed by atoms with van der Waals surface area (Å²) in [6, 6.07) is 9.57. The molecule has 8 nitrogen and oxygen atoms in total. The minimum absolute atomic E-state index is 0.0231. The number of halogens is 2. The Bertz CT molecular complexity index is 1340. The van der Waals surface area contributed by atoms with Crippen molar-refractivity contribution in [1.82, 2.24) is 14.9 Å². The van der Waals surface area contributed by atoms with Crippen molar-refractivity contribution < 1.29 is 17.9 Å². The third-order valence-corrected chi connectivity index (χ3v) is 8.18. The molecule has 0 aliphatic carbocycles. The Morgan fingerprint density at radius 3 is 2.67 bits per heavy atom. The van der Waals surface area contributed by atoms with Gasteiger partial charge in [0.25, 0.3) is 15.9 Å². The lowest BCUT2D eigenvalue weighted by Gasteiger charge is -2.37. The molecule has 174 valence electrons. The van der Waals surface area contributed by atoms with Gasteiger partial charge in [-0.2, -0.15) is 0 Å². The van der Waals surface area contributed by atoms with Crippen LogP contribution in [0.1, 0.15) is 47.8 Å². The van der Waals surface area contributed by atoms with Crippen molar-refractivity contribution in [2.24, 2.45) is 0 Å². The summed E-state index contributed by atoms with van der Waals surface area (Å²) in [7, 11) is -4.01. The van der Waals surface area contributed by atoms with Crippen LogP contribution in [-0.2, 0) is 10.0 Å². The zero-order valence-corrected chi connectivity index (χ0v) is 21.0. The second-order valence-corrected chi connectivity index (χ2v) is 11.9. The molecule has 2 N–H and O–H groups in total. The normalized spacial score (nSPS) is 17.2. The fraction of sp³-hybridized carbons (Fsp3) is 0.286. The fourth-order valence-corrected chi connectivity index (χ4v) is 6.14. The minimum atomic E-state index is -4.01. The van der Waals surface area contributed by atoms with Crippen molar-refractivity contribution in [3.05, 3.63) is 63.1 Å². The number of nitrogens with zero attached hydrogens (tertiary/aromatic N) is 2. The smallest absolute Gasteiger partial charge is 0.270 e. The van der Waals surface area contributed by atoms with Gasteiger partial charge in [-0.25, -0.2) is 13.1 Å². The highest BCUT2D eigenvalue weighted by atomic mass is 35.5. The van der Waals surface area contributed by atoms with Crippen molar-refractivity contribution in [2.75, 3.05) is 5.32 Å². The maximum absolute atomic E-state index is 13.1. The van der Waals surface area contributed by atoms with Gasteiger partial charge in [-0.15, -0.1) is 10.2 Å². The van der Waals surface area contributed by atoms with Crippen LogP contribution in [-0.4, -0.2) is 30.1 Å². The van der Waals surface area contributed by atoms with Gasteiger partial charge in [-0.1, -0.05) is 52.2 Å². The summed E-state index contributed by atoms with van der Waals surface area (Å²) in [5.41, 5.74) is 1.36. The summed E-state index contributed by atoms with van der Waals surface area (Å²) in [6.45, 7) is 5.73. The Morgan fingerprint density at radius 1 is 1.18 bits per heavy atom. The summed E-state index contributed by atoms with van der Waals surface area (Å²) in [5.74, 6) is 0.0786. The van der Waals surface area contributed by atoms with Crippen molar-refractivity contribution in [1.29, 1.82) is 0 Å². The van der Waals surface area contributed by atoms with Crippen LogP contribution in [0, 0.1) is 6.92 Å². The van der Waals surface area contributed by atoms with Crippen LogP contribution >= 0.6 is 34.5 Å². The summed E-state index contributed by atoms with van der Waals surface area (Å²) in [6.07, 6.45) is 0.431. The van der Waals surface area contributed by atoms with E-state index >= 15 is 0 Å². The average molecular weight is 527 g/mol. The van der Waals surface area contributed by atoms with Gasteiger partial charge in [0.2, 0.25) is 9.47 Å². The number of anilines is 1. The number of benzene rings is 2. The van der Waals surface area contributed by atoms with E-state index in [2.05, 4.69) is 20.2 Å². The Hall–Kier alpha value is -2.24. The minimum Gasteiger partial charge on any atom is -0.487 e. The highest BCUT2D eigenvalue weighted by Gasteiger charge is 2.37. The van der Waals surface area contributed by atoms with E-state index in [9.17, 15) is 13.2 Å². The maximum Gasteiger partial charge on any atom is 0.270 e. The Labute approximate surface area is 205 Å². The third-order valence-electron chi connectivity index (χ3n) is 4.95. The predicted octanol–water partition coefficient (Wildman–Crippen LogP) is 4.99. The van der Waals surface area contributed by atoms with E-state index in [4.69, 9.17) is 27.9 Å². The zero-order valence-electron chi connectivity index (χ0n) is 17.8. The van der Waals surface area contributed by atoms with E-state index in [0.29, 0.717) is 17.2 Å². The third kappa shape index (κ3) is 5.30. The number of rotatable bonds is 5. The number of fused-ring (bicyclic) bond motifs is 1. The molecule has 1 atom stereocenters. The number of hydrogen-bond donors (Lipinski definition) is 2. The van der Waals surface area contributed by atoms with Crippen molar-refractivity contribution in [3.8, 4) is 5.75 Å². The van der Waals surface area contributed by atoms with Gasteiger partial charge in [-0.05, 0) is 45.0 Å². The number of aryl methyl sites for hydroxylation is 1. The molecule has 0 unspecified atom stereocenters. The van der Waals surface area contributed by atoms with Gasteiger partial charge in [0, 0.05) is 17.0 Å². The zero-order chi connectivity index (χ0) is 24.0. The summed E-state index contributed by atoms with van der Waals surface area (Å²) in [5, 5.41) is 10.7. The van der Waals surface area contributed by atoms with Crippen molar-refractivity contribution in [2.45, 2.75) is 43.2 Å². The number of sulfonamides is 1. The molecule has 1 amide bonds. The van der Waals surface area contributed by atoms with Gasteiger partial charge in [0.05, 0.1) is 16.6 Å². The number of carbonyl (C=O) groups is 1. The summed E-state index contributed by atoms with van der Waals surface area (Å²) < 4.78 is 34.6. The van der Waals surface area contributed by atoms with Gasteiger partial charge >= 0.3 is 0 Å². The largest absolute Gasteiger partial charge is 0.487 e. The van der Waals surface area contributed by atoms with Crippen LogP contribution in [0.25, 0.3) is 0 Å². The quantitative estimate of drug-likeness (QED) is 0.453. The number of carbonyl (C=O) groups excluding carboxylic acids is 1. The lowest BCUT2D eigenvalue weighted by molar-refractivity contribution is 0.0701. The van der Waals surface area contributed by atoms with E-state index < -0.39 is 27.6 Å². The molecule has 1 aliphatic rings. The molecule has 0 bridgehead atoms. The number of hydrogen-bond acceptors (Lipinski definition) is 7. The molecular formula is C21H20Cl2N4O4S2. The average Bonchev–Trinajstić information content (AvgIpc) is 3.17. The molecule has 0 saturated carbocycles. The number of amides is 1. The first-order chi connectivity index (χ1) is 15.4. The molecule has 1 aromatic heterocycles. The molecular weight excluding hydrogens is 507 g/mol. The number of aromatic nitrogens is 2. The van der Waals surface area contributed by atoms with Crippen LogP contribution in [0.2, 0.25) is 10.0 Å². The summed E-state index contributed by atoms with van der Waals surface area (Å²) >= 11 is 12.7. The van der Waals surface area contributed by atoms with Crippen molar-refractivity contribution >= 4 is 55.6 Å². The standard InChI is InChI=1S/C21H20Cl2N4O4S2/c1-11-4-7-17-14(8-11)16(10-21(2,3)31-17)27-33(29,30)20-26-25-19(32-20)24-18(28)13-6-5-12(22)9-15(13)23/h4-9,16,27H,10H2,1-3H3,(H,24,25,28)/t16-/m0/s1. The monoisotopic (exact) mass is 526 g/mol. The van der Waals surface area contributed by atoms with E-state index in [1.807, 2.05) is 39.0 Å². The predicted molar refractivity (Wildman–Crippen MR) is 128 cm³/mol. The van der Waals surface area contributed by atoms with Crippen LogP contribution in [0.15, 0.2) is 40.7 Å². The molecule has 12 heteroatoms. The highest BCUT2D eigenvalue weighted by Crippen LogP contribution is 2.40. The molecule has 0 fully saturated rings. The first-order valence-corrected chi connectivity index (χ1v) is 12.9. The topological polar surface area (TPSA) is 110 Å². The van der Waals surface area contributed by atoms with E-state index in [0.717, 1.165) is 22.5 Å². The van der Waals surface area contributed by atoms with Crippen LogP contribution in [0.3, 0.4) is 0 Å². The summed E-state index contributed by atoms with van der Waals surface area (Å²) in [4.78, 5) is 12.5. The number of ether oxygens (including phenoxy) is 1. The Balaban J connectivity index is 1.55. The van der Waals surface area contributed by atoms with Crippen LogP contribution < -0.4 is 14.8 Å². The molecule has 3 aromatic rings. The maximum atomic E-state index is 13.1. The van der Waals surface area contributed by atoms with Gasteiger partial charge in [0.15, 0.2) is 0 Å². The first-order valence-electron chi connectivity index (χ1n) is 9.85. The fourth-order valence-electron chi connectivity index (χ4n) is 3.52. The molecule has 2 aromatic carbocycles. The van der Waals surface area contributed by atoms with Gasteiger partial charge in [0.1, 0.15) is 11.4 Å². The van der Waals surface area contributed by atoms with E-state index in [1.54, 1.807) is 0 Å². The molecule has 0 radical (unpaired) electrons. The van der Waals surface area contributed by atoms with E-state index in [-0.39, 0.29) is 20.1 Å². The SMILES string of the molecule is Cc1ccc2c(c1)[C@@H](NS(=O)(=O)c1nnc(NC(=O)c3ccc(Cl)cc3Cl)s1)CC(C)(C)O2. The molecule has 0 saturated heterocycles. The Morgan fingerprint density at radius 2 is 1.94 bits per heavy atom. The molecule has 4 rings (SSSR count). The van der Waals surface area contributed by atoms with E-state index in [1.165, 1.54) is 18.2 Å². The molecule has 2 heterocycles. The lowest BCUT2D eigenvalue weighted by Crippen LogP contribution is -2.41.